The molecule has 2 aliphatic rings. The molecule has 3 N–H and O–H groups in total. The Morgan fingerprint density at radius 3 is 2.71 bits per heavy atom. The Bertz CT molecular complexity index is 648. The number of carbonyl (C=O) groups is 1. The molecule has 112 valence electrons. The maximum Gasteiger partial charge on any atom is 0.343 e. The zero-order valence-electron chi connectivity index (χ0n) is 11.7. The third-order valence-electron chi connectivity index (χ3n) is 4.02. The number of hydrogen-bond acceptors (Lipinski definition) is 6. The molecule has 0 spiro atoms. The lowest BCUT2D eigenvalue weighted by molar-refractivity contribution is -0.0565. The molecule has 0 bridgehead atoms. The fraction of sp³-hybridized carbons (Fsp3) is 0.400. The lowest BCUT2D eigenvalue weighted by Gasteiger charge is -2.38. The highest BCUT2D eigenvalue weighted by atomic mass is 16.6. The van der Waals surface area contributed by atoms with E-state index in [0.717, 1.165) is 5.57 Å². The summed E-state index contributed by atoms with van der Waals surface area (Å²) in [6.45, 7) is 1.80. The molecule has 21 heavy (non-hydrogen) atoms. The number of rotatable bonds is 1. The van der Waals surface area contributed by atoms with Crippen LogP contribution in [0.2, 0.25) is 0 Å². The van der Waals surface area contributed by atoms with Crippen molar-refractivity contribution in [1.29, 1.82) is 0 Å². The third kappa shape index (κ3) is 1.99. The van der Waals surface area contributed by atoms with E-state index in [9.17, 15) is 20.1 Å². The van der Waals surface area contributed by atoms with Crippen LogP contribution < -0.4 is 4.74 Å². The molecule has 1 heterocycles. The van der Waals surface area contributed by atoms with E-state index in [4.69, 9.17) is 9.47 Å². The highest BCUT2D eigenvalue weighted by Gasteiger charge is 2.44. The van der Waals surface area contributed by atoms with Crippen LogP contribution in [-0.4, -0.2) is 46.7 Å². The maximum absolute atomic E-state index is 12.1. The minimum absolute atomic E-state index is 0.0602. The van der Waals surface area contributed by atoms with E-state index in [1.807, 2.05) is 0 Å². The van der Waals surface area contributed by atoms with Crippen molar-refractivity contribution in [2.24, 2.45) is 0 Å². The van der Waals surface area contributed by atoms with E-state index in [2.05, 4.69) is 0 Å². The van der Waals surface area contributed by atoms with Crippen LogP contribution in [0.1, 0.15) is 29.3 Å². The van der Waals surface area contributed by atoms with E-state index < -0.39 is 24.3 Å². The first-order valence-electron chi connectivity index (χ1n) is 6.62. The molecule has 0 aromatic heterocycles. The minimum atomic E-state index is -1.19. The van der Waals surface area contributed by atoms with Crippen molar-refractivity contribution >= 4 is 11.5 Å². The van der Waals surface area contributed by atoms with Gasteiger partial charge in [-0.3, -0.25) is 0 Å². The van der Waals surface area contributed by atoms with Gasteiger partial charge < -0.3 is 24.8 Å². The number of esters is 1. The van der Waals surface area contributed by atoms with Gasteiger partial charge in [-0.2, -0.15) is 0 Å². The van der Waals surface area contributed by atoms with E-state index in [-0.39, 0.29) is 17.7 Å². The fourth-order valence-electron chi connectivity index (χ4n) is 2.99. The number of ether oxygens (including phenoxy) is 2. The van der Waals surface area contributed by atoms with Crippen LogP contribution in [0.25, 0.3) is 5.57 Å². The summed E-state index contributed by atoms with van der Waals surface area (Å²) < 4.78 is 10.3. The Kier molecular flexibility index (Phi) is 3.15. The second-order valence-electron chi connectivity index (χ2n) is 5.35. The Labute approximate surface area is 121 Å². The number of phenols is 1. The molecule has 1 aliphatic carbocycles. The van der Waals surface area contributed by atoms with Crippen LogP contribution in [0.15, 0.2) is 17.7 Å². The van der Waals surface area contributed by atoms with Crippen molar-refractivity contribution in [2.75, 3.05) is 7.11 Å². The average Bonchev–Trinajstić information content (AvgIpc) is 2.43. The second kappa shape index (κ2) is 4.75. The number of fused-ring (bicyclic) bond motifs is 3. The quantitative estimate of drug-likeness (QED) is 0.664. The smallest absolute Gasteiger partial charge is 0.343 e. The van der Waals surface area contributed by atoms with Gasteiger partial charge in [0.1, 0.15) is 23.2 Å². The average molecular weight is 292 g/mol. The molecule has 1 aromatic carbocycles. The fourth-order valence-corrected chi connectivity index (χ4v) is 2.99. The van der Waals surface area contributed by atoms with Crippen LogP contribution in [0.4, 0.5) is 0 Å². The highest BCUT2D eigenvalue weighted by Crippen LogP contribution is 2.44. The number of phenolic OH excluding ortho intramolecular Hbond substituents is 1. The van der Waals surface area contributed by atoms with Gasteiger partial charge in [0.25, 0.3) is 0 Å². The molecule has 6 heteroatoms. The van der Waals surface area contributed by atoms with Crippen LogP contribution >= 0.6 is 0 Å². The van der Waals surface area contributed by atoms with E-state index >= 15 is 0 Å². The van der Waals surface area contributed by atoms with Gasteiger partial charge in [-0.25, -0.2) is 4.79 Å². The zero-order valence-corrected chi connectivity index (χ0v) is 11.7. The summed E-state index contributed by atoms with van der Waals surface area (Å²) in [7, 11) is 1.46. The SMILES string of the molecule is COc1cc(O)c2c(c1)C1=C(C)C[C@@H](O)[C@H](O)[C@H]1OC2=O. The number of aliphatic hydroxyl groups is 2. The Morgan fingerprint density at radius 1 is 1.33 bits per heavy atom. The van der Waals surface area contributed by atoms with E-state index in [1.54, 1.807) is 13.0 Å². The largest absolute Gasteiger partial charge is 0.507 e. The minimum Gasteiger partial charge on any atom is -0.507 e. The third-order valence-corrected chi connectivity index (χ3v) is 4.02. The van der Waals surface area contributed by atoms with Crippen LogP contribution in [-0.2, 0) is 4.74 Å². The van der Waals surface area contributed by atoms with Crippen molar-refractivity contribution in [3.8, 4) is 11.5 Å². The standard InChI is InChI=1S/C15H16O6/c1-6-3-10(17)13(18)14-11(6)8-4-7(20-2)5-9(16)12(8)15(19)21-14/h4-5,10,13-14,16-18H,3H2,1-2H3/t10-,13+,14+/m1/s1. The number of carbonyl (C=O) groups excluding carboxylic acids is 1. The van der Waals surface area contributed by atoms with Crippen LogP contribution in [0, 0.1) is 0 Å². The molecule has 3 rings (SSSR count). The Morgan fingerprint density at radius 2 is 2.05 bits per heavy atom. The Hall–Kier alpha value is -2.05. The predicted octanol–water partition coefficient (Wildman–Crippen LogP) is 0.839. The van der Waals surface area contributed by atoms with Crippen LogP contribution in [0.3, 0.4) is 0 Å². The zero-order chi connectivity index (χ0) is 15.3. The monoisotopic (exact) mass is 292 g/mol. The van der Waals surface area contributed by atoms with Gasteiger partial charge >= 0.3 is 5.97 Å². The molecule has 3 atom stereocenters. The molecule has 0 saturated carbocycles. The van der Waals surface area contributed by atoms with Gasteiger partial charge in [0.05, 0.1) is 13.2 Å². The van der Waals surface area contributed by atoms with Crippen molar-refractivity contribution < 1.29 is 29.6 Å². The molecule has 0 amide bonds. The molecule has 6 nitrogen and oxygen atoms in total. The van der Waals surface area contributed by atoms with Crippen molar-refractivity contribution in [3.05, 3.63) is 28.8 Å². The number of aliphatic hydroxyl groups excluding tert-OH is 2. The number of aromatic hydroxyl groups is 1. The molecular weight excluding hydrogens is 276 g/mol. The Balaban J connectivity index is 2.26. The summed E-state index contributed by atoms with van der Waals surface area (Å²) in [6.07, 6.45) is -2.82. The normalized spacial score (nSPS) is 27.8. The summed E-state index contributed by atoms with van der Waals surface area (Å²) in [5, 5.41) is 29.9. The number of methoxy groups -OCH3 is 1. The van der Waals surface area contributed by atoms with E-state index in [1.165, 1.54) is 13.2 Å². The molecular formula is C15H16O6. The van der Waals surface area contributed by atoms with Crippen molar-refractivity contribution in [1.82, 2.24) is 0 Å². The first kappa shape index (κ1) is 13.9. The second-order valence-corrected chi connectivity index (χ2v) is 5.35. The lowest BCUT2D eigenvalue weighted by Crippen LogP contribution is -2.46. The molecule has 1 aromatic rings. The first-order valence-corrected chi connectivity index (χ1v) is 6.62. The molecule has 1 aliphatic heterocycles. The molecule has 0 radical (unpaired) electrons. The van der Waals surface area contributed by atoms with Gasteiger partial charge in [-0.1, -0.05) is 5.57 Å². The summed E-state index contributed by atoms with van der Waals surface area (Å²) in [4.78, 5) is 12.1. The van der Waals surface area contributed by atoms with E-state index in [0.29, 0.717) is 16.9 Å². The number of hydrogen-bond donors (Lipinski definition) is 3. The highest BCUT2D eigenvalue weighted by molar-refractivity contribution is 6.03. The lowest BCUT2D eigenvalue weighted by atomic mass is 9.79. The summed E-state index contributed by atoms with van der Waals surface area (Å²) in [5.41, 5.74) is 1.97. The number of benzene rings is 1. The topological polar surface area (TPSA) is 96.2 Å². The summed E-state index contributed by atoms with van der Waals surface area (Å²) in [6, 6.07) is 2.97. The molecule has 0 saturated heterocycles. The van der Waals surface area contributed by atoms with Crippen molar-refractivity contribution in [3.63, 3.8) is 0 Å². The van der Waals surface area contributed by atoms with Gasteiger partial charge in [0.2, 0.25) is 0 Å². The van der Waals surface area contributed by atoms with Gasteiger partial charge in [-0.05, 0) is 19.4 Å². The van der Waals surface area contributed by atoms with Gasteiger partial charge in [-0.15, -0.1) is 0 Å². The summed E-state index contributed by atoms with van der Waals surface area (Å²) in [5.74, 6) is -0.547. The molecule has 0 unspecified atom stereocenters. The first-order chi connectivity index (χ1) is 9.93. The predicted molar refractivity (Wildman–Crippen MR) is 73.1 cm³/mol. The van der Waals surface area contributed by atoms with Gasteiger partial charge in [0, 0.05) is 17.2 Å². The molecule has 0 fully saturated rings. The maximum atomic E-state index is 12.1. The van der Waals surface area contributed by atoms with Crippen molar-refractivity contribution in [2.45, 2.75) is 31.7 Å². The van der Waals surface area contributed by atoms with Crippen LogP contribution in [0.5, 0.6) is 11.5 Å². The summed E-state index contributed by atoms with van der Waals surface area (Å²) >= 11 is 0. The van der Waals surface area contributed by atoms with Gasteiger partial charge in [0.15, 0.2) is 6.10 Å².